The summed E-state index contributed by atoms with van der Waals surface area (Å²) in [6.07, 6.45) is -4.29. The highest BCUT2D eigenvalue weighted by Gasteiger charge is 2.47. The van der Waals surface area contributed by atoms with Gasteiger partial charge in [-0.15, -0.1) is 0 Å². The summed E-state index contributed by atoms with van der Waals surface area (Å²) < 4.78 is 29.0. The number of alkyl halides is 2. The molecule has 94 valence electrons. The van der Waals surface area contributed by atoms with E-state index < -0.39 is 35.9 Å². The molecule has 0 aromatic carbocycles. The number of hydrogen-bond acceptors (Lipinski definition) is 4. The van der Waals surface area contributed by atoms with E-state index >= 15 is 0 Å². The molecule has 7 heteroatoms. The fourth-order valence-corrected chi connectivity index (χ4v) is 0.870. The Morgan fingerprint density at radius 1 is 1.38 bits per heavy atom. The highest BCUT2D eigenvalue weighted by atomic mass is 19.3. The number of carboxylic acid groups (broad SMARTS) is 1. The van der Waals surface area contributed by atoms with Crippen molar-refractivity contribution < 1.29 is 28.2 Å². The first-order valence-electron chi connectivity index (χ1n) is 4.53. The third-order valence-corrected chi connectivity index (χ3v) is 1.62. The third kappa shape index (κ3) is 4.09. The molecular weight excluding hydrogens is 224 g/mol. The van der Waals surface area contributed by atoms with E-state index in [0.717, 1.165) is 0 Å². The molecule has 16 heavy (non-hydrogen) atoms. The van der Waals surface area contributed by atoms with Gasteiger partial charge in [0, 0.05) is 6.42 Å². The van der Waals surface area contributed by atoms with Crippen LogP contribution in [0.4, 0.5) is 8.78 Å². The van der Waals surface area contributed by atoms with E-state index in [9.17, 15) is 18.4 Å². The molecule has 0 aromatic heterocycles. The van der Waals surface area contributed by atoms with Crippen LogP contribution in [-0.4, -0.2) is 34.6 Å². The Morgan fingerprint density at radius 2 is 1.81 bits per heavy atom. The lowest BCUT2D eigenvalue weighted by Gasteiger charge is -2.27. The monoisotopic (exact) mass is 239 g/mol. The number of ether oxygens (including phenoxy) is 1. The summed E-state index contributed by atoms with van der Waals surface area (Å²) in [5, 5.41) is 8.69. The summed E-state index contributed by atoms with van der Waals surface area (Å²) in [5.41, 5.74) is 1.44. The van der Waals surface area contributed by atoms with Gasteiger partial charge in [-0.3, -0.25) is 0 Å². The number of aliphatic carboxylic acids is 1. The SMILES string of the molecule is CC(C)(C)OC(=O)[C@](N)(CC(F)F)C(=O)O. The van der Waals surface area contributed by atoms with Gasteiger partial charge in [-0.05, 0) is 20.8 Å². The molecule has 0 rings (SSSR count). The Balaban J connectivity index is 4.92. The highest BCUT2D eigenvalue weighted by Crippen LogP contribution is 2.19. The van der Waals surface area contributed by atoms with Gasteiger partial charge in [-0.2, -0.15) is 0 Å². The number of carboxylic acids is 1. The lowest BCUT2D eigenvalue weighted by atomic mass is 9.96. The van der Waals surface area contributed by atoms with Crippen molar-refractivity contribution in [2.24, 2.45) is 5.73 Å². The molecule has 0 aromatic rings. The molecular formula is C9H15F2NO4. The van der Waals surface area contributed by atoms with Gasteiger partial charge in [0.15, 0.2) is 0 Å². The number of carbonyl (C=O) groups excluding carboxylic acids is 1. The fourth-order valence-electron chi connectivity index (χ4n) is 0.870. The van der Waals surface area contributed by atoms with Gasteiger partial charge in [-0.25, -0.2) is 18.4 Å². The summed E-state index contributed by atoms with van der Waals surface area (Å²) in [6, 6.07) is 0. The van der Waals surface area contributed by atoms with E-state index in [1.807, 2.05) is 0 Å². The van der Waals surface area contributed by atoms with E-state index in [2.05, 4.69) is 4.74 Å². The average molecular weight is 239 g/mol. The molecule has 0 saturated carbocycles. The zero-order chi connectivity index (χ0) is 13.1. The maximum atomic E-state index is 12.1. The highest BCUT2D eigenvalue weighted by molar-refractivity contribution is 6.03. The number of halogens is 2. The van der Waals surface area contributed by atoms with Crippen molar-refractivity contribution in [3.63, 3.8) is 0 Å². The summed E-state index contributed by atoms with van der Waals surface area (Å²) in [5.74, 6) is -3.20. The number of rotatable bonds is 4. The maximum Gasteiger partial charge on any atom is 0.338 e. The van der Waals surface area contributed by atoms with Crippen LogP contribution in [0.5, 0.6) is 0 Å². The van der Waals surface area contributed by atoms with Crippen LogP contribution >= 0.6 is 0 Å². The molecule has 0 unspecified atom stereocenters. The van der Waals surface area contributed by atoms with Crippen LogP contribution < -0.4 is 5.73 Å². The van der Waals surface area contributed by atoms with Gasteiger partial charge in [0.2, 0.25) is 12.0 Å². The number of hydrogen-bond donors (Lipinski definition) is 2. The minimum Gasteiger partial charge on any atom is -0.479 e. The molecule has 0 radical (unpaired) electrons. The van der Waals surface area contributed by atoms with Crippen LogP contribution in [0.1, 0.15) is 27.2 Å². The van der Waals surface area contributed by atoms with E-state index in [4.69, 9.17) is 10.8 Å². The summed E-state index contributed by atoms with van der Waals surface area (Å²) in [4.78, 5) is 22.1. The van der Waals surface area contributed by atoms with Crippen LogP contribution in [0.25, 0.3) is 0 Å². The van der Waals surface area contributed by atoms with Crippen LogP contribution in [0.3, 0.4) is 0 Å². The van der Waals surface area contributed by atoms with Crippen LogP contribution in [0.2, 0.25) is 0 Å². The second-order valence-electron chi connectivity index (χ2n) is 4.37. The zero-order valence-corrected chi connectivity index (χ0v) is 9.29. The minimum atomic E-state index is -3.01. The topological polar surface area (TPSA) is 89.6 Å². The smallest absolute Gasteiger partial charge is 0.338 e. The van der Waals surface area contributed by atoms with Gasteiger partial charge in [0.25, 0.3) is 0 Å². The molecule has 0 aliphatic heterocycles. The van der Waals surface area contributed by atoms with Crippen molar-refractivity contribution >= 4 is 11.9 Å². The molecule has 1 atom stereocenters. The fraction of sp³-hybridized carbons (Fsp3) is 0.778. The van der Waals surface area contributed by atoms with Crippen molar-refractivity contribution in [3.8, 4) is 0 Å². The van der Waals surface area contributed by atoms with E-state index in [1.54, 1.807) is 0 Å². The molecule has 0 fully saturated rings. The predicted octanol–water partition coefficient (Wildman–Crippen LogP) is 0.765. The number of nitrogens with two attached hydrogens (primary N) is 1. The Hall–Kier alpha value is -1.24. The van der Waals surface area contributed by atoms with E-state index in [-0.39, 0.29) is 0 Å². The second kappa shape index (κ2) is 4.73. The first-order valence-corrected chi connectivity index (χ1v) is 4.53. The third-order valence-electron chi connectivity index (χ3n) is 1.62. The van der Waals surface area contributed by atoms with Gasteiger partial charge < -0.3 is 15.6 Å². The predicted molar refractivity (Wildman–Crippen MR) is 51.0 cm³/mol. The van der Waals surface area contributed by atoms with Gasteiger partial charge in [0.05, 0.1) is 0 Å². The number of carbonyl (C=O) groups is 2. The molecule has 3 N–H and O–H groups in total. The Labute approximate surface area is 91.6 Å². The molecule has 0 bridgehead atoms. The molecule has 0 spiro atoms. The van der Waals surface area contributed by atoms with Crippen molar-refractivity contribution in [2.75, 3.05) is 0 Å². The zero-order valence-electron chi connectivity index (χ0n) is 9.29. The Bertz CT molecular complexity index is 288. The summed E-state index contributed by atoms with van der Waals surface area (Å²) in [7, 11) is 0. The molecule has 0 amide bonds. The van der Waals surface area contributed by atoms with Crippen molar-refractivity contribution in [2.45, 2.75) is 44.8 Å². The quantitative estimate of drug-likeness (QED) is 0.558. The molecule has 0 aliphatic rings. The Morgan fingerprint density at radius 3 is 2.06 bits per heavy atom. The average Bonchev–Trinajstić information content (AvgIpc) is 1.98. The van der Waals surface area contributed by atoms with Gasteiger partial charge in [0.1, 0.15) is 5.60 Å². The van der Waals surface area contributed by atoms with Crippen LogP contribution in [-0.2, 0) is 14.3 Å². The van der Waals surface area contributed by atoms with Crippen molar-refractivity contribution in [3.05, 3.63) is 0 Å². The largest absolute Gasteiger partial charge is 0.479 e. The minimum absolute atomic E-state index is 0.987. The van der Waals surface area contributed by atoms with Crippen molar-refractivity contribution in [1.82, 2.24) is 0 Å². The van der Waals surface area contributed by atoms with Gasteiger partial charge in [-0.1, -0.05) is 0 Å². The van der Waals surface area contributed by atoms with E-state index in [0.29, 0.717) is 0 Å². The molecule has 5 nitrogen and oxygen atoms in total. The molecule has 0 saturated heterocycles. The van der Waals surface area contributed by atoms with Gasteiger partial charge >= 0.3 is 11.9 Å². The second-order valence-corrected chi connectivity index (χ2v) is 4.37. The number of esters is 1. The Kier molecular flexibility index (Phi) is 4.36. The maximum absolute atomic E-state index is 12.1. The lowest BCUT2D eigenvalue weighted by molar-refractivity contribution is -0.171. The van der Waals surface area contributed by atoms with E-state index in [1.165, 1.54) is 20.8 Å². The first-order chi connectivity index (χ1) is 6.99. The standard InChI is InChI=1S/C9H15F2NO4/c1-8(2,3)16-7(15)9(12,6(13)14)4-5(10)11/h5H,4,12H2,1-3H3,(H,13,14)/t9-/m0/s1. The summed E-state index contributed by atoms with van der Waals surface area (Å²) >= 11 is 0. The molecule has 0 heterocycles. The molecule has 0 aliphatic carbocycles. The summed E-state index contributed by atoms with van der Waals surface area (Å²) in [6.45, 7) is 4.45. The van der Waals surface area contributed by atoms with Crippen molar-refractivity contribution in [1.29, 1.82) is 0 Å². The van der Waals surface area contributed by atoms with Crippen LogP contribution in [0.15, 0.2) is 0 Å². The lowest BCUT2D eigenvalue weighted by Crippen LogP contribution is -2.58. The van der Waals surface area contributed by atoms with Crippen LogP contribution in [0, 0.1) is 0 Å². The first kappa shape index (κ1) is 14.8. The normalized spacial score (nSPS) is 15.7.